The highest BCUT2D eigenvalue weighted by Crippen LogP contribution is 2.09. The molecule has 1 atom stereocenters. The van der Waals surface area contributed by atoms with Gasteiger partial charge in [-0.1, -0.05) is 13.8 Å². The van der Waals surface area contributed by atoms with Crippen molar-refractivity contribution in [2.75, 3.05) is 13.2 Å². The Morgan fingerprint density at radius 2 is 2.35 bits per heavy atom. The van der Waals surface area contributed by atoms with E-state index in [-0.39, 0.29) is 37.0 Å². The Hall–Kier alpha value is -1.56. The molecule has 0 aliphatic carbocycles. The van der Waals surface area contributed by atoms with Crippen LogP contribution >= 0.6 is 0 Å². The second-order valence-corrected chi connectivity index (χ2v) is 4.17. The van der Waals surface area contributed by atoms with Crippen molar-refractivity contribution < 1.29 is 19.2 Å². The third kappa shape index (κ3) is 4.44. The van der Waals surface area contributed by atoms with E-state index in [1.807, 2.05) is 13.8 Å². The Balaban J connectivity index is 2.34. The molecule has 0 spiro atoms. The van der Waals surface area contributed by atoms with Crippen LogP contribution in [0.3, 0.4) is 0 Å². The topological polar surface area (TPSA) is 84.6 Å². The highest BCUT2D eigenvalue weighted by atomic mass is 16.5. The maximum atomic E-state index is 11.5. The van der Waals surface area contributed by atoms with E-state index in [0.29, 0.717) is 5.76 Å². The van der Waals surface area contributed by atoms with Gasteiger partial charge in [-0.3, -0.25) is 4.79 Å². The van der Waals surface area contributed by atoms with Crippen LogP contribution in [0.15, 0.2) is 10.6 Å². The average Bonchev–Trinajstić information content (AvgIpc) is 2.68. The zero-order valence-electron chi connectivity index (χ0n) is 10.3. The molecule has 0 fully saturated rings. The highest BCUT2D eigenvalue weighted by Gasteiger charge is 2.15. The van der Waals surface area contributed by atoms with Crippen LogP contribution in [0, 0.1) is 12.8 Å². The molecule has 17 heavy (non-hydrogen) atoms. The van der Waals surface area contributed by atoms with Gasteiger partial charge in [-0.15, -0.1) is 0 Å². The molecule has 6 heteroatoms. The Bertz CT molecular complexity index is 362. The van der Waals surface area contributed by atoms with Gasteiger partial charge in [0.1, 0.15) is 5.76 Å². The van der Waals surface area contributed by atoms with Crippen LogP contribution in [-0.4, -0.2) is 35.4 Å². The minimum absolute atomic E-state index is 0.0908. The van der Waals surface area contributed by atoms with Gasteiger partial charge < -0.3 is 19.7 Å². The van der Waals surface area contributed by atoms with Crippen molar-refractivity contribution in [2.45, 2.75) is 26.8 Å². The predicted octanol–water partition coefficient (Wildman–Crippen LogP) is 0.495. The Labute approximate surface area is 99.9 Å². The molecule has 1 aromatic rings. The Kier molecular flexibility index (Phi) is 4.96. The van der Waals surface area contributed by atoms with E-state index in [1.54, 1.807) is 13.0 Å². The molecule has 1 rings (SSSR count). The van der Waals surface area contributed by atoms with Crippen LogP contribution in [0.5, 0.6) is 5.88 Å². The van der Waals surface area contributed by atoms with Crippen LogP contribution in [0.25, 0.3) is 0 Å². The minimum Gasteiger partial charge on any atom is -0.465 e. The monoisotopic (exact) mass is 242 g/mol. The largest absolute Gasteiger partial charge is 0.465 e. The maximum absolute atomic E-state index is 11.5. The molecule has 0 aliphatic rings. The van der Waals surface area contributed by atoms with Gasteiger partial charge in [0.05, 0.1) is 12.6 Å². The van der Waals surface area contributed by atoms with E-state index in [2.05, 4.69) is 10.5 Å². The first kappa shape index (κ1) is 13.5. The summed E-state index contributed by atoms with van der Waals surface area (Å²) in [6.07, 6.45) is 0. The molecular formula is C11H18N2O4. The number of hydrogen-bond acceptors (Lipinski definition) is 5. The first-order chi connectivity index (χ1) is 8.02. The van der Waals surface area contributed by atoms with E-state index >= 15 is 0 Å². The first-order valence-electron chi connectivity index (χ1n) is 5.49. The van der Waals surface area contributed by atoms with Crippen molar-refractivity contribution >= 4 is 5.91 Å². The van der Waals surface area contributed by atoms with Gasteiger partial charge in [-0.2, -0.15) is 0 Å². The molecule has 1 amide bonds. The lowest BCUT2D eigenvalue weighted by Crippen LogP contribution is -2.43. The van der Waals surface area contributed by atoms with Gasteiger partial charge in [0.25, 0.3) is 11.8 Å². The summed E-state index contributed by atoms with van der Waals surface area (Å²) < 4.78 is 9.91. The number of ether oxygens (including phenoxy) is 1. The number of aryl methyl sites for hydroxylation is 1. The van der Waals surface area contributed by atoms with Gasteiger partial charge in [0.2, 0.25) is 0 Å². The summed E-state index contributed by atoms with van der Waals surface area (Å²) in [6, 6.07) is 1.34. The molecular weight excluding hydrogens is 224 g/mol. The fourth-order valence-electron chi connectivity index (χ4n) is 1.22. The molecule has 1 aromatic heterocycles. The fourth-order valence-corrected chi connectivity index (χ4v) is 1.22. The number of nitrogens with one attached hydrogen (secondary N) is 1. The smallest absolute Gasteiger partial charge is 0.258 e. The molecule has 0 bridgehead atoms. The number of carbonyl (C=O) groups is 1. The molecule has 0 aliphatic heterocycles. The molecule has 0 saturated carbocycles. The van der Waals surface area contributed by atoms with Gasteiger partial charge in [0, 0.05) is 6.07 Å². The lowest BCUT2D eigenvalue weighted by atomic mass is 10.1. The van der Waals surface area contributed by atoms with E-state index in [1.165, 1.54) is 0 Å². The average molecular weight is 242 g/mol. The molecule has 0 saturated heterocycles. The maximum Gasteiger partial charge on any atom is 0.258 e. The summed E-state index contributed by atoms with van der Waals surface area (Å²) in [5, 5.41) is 15.3. The highest BCUT2D eigenvalue weighted by molar-refractivity contribution is 5.77. The summed E-state index contributed by atoms with van der Waals surface area (Å²) >= 11 is 0. The van der Waals surface area contributed by atoms with E-state index < -0.39 is 0 Å². The molecule has 96 valence electrons. The lowest BCUT2D eigenvalue weighted by molar-refractivity contribution is -0.124. The van der Waals surface area contributed by atoms with Crippen molar-refractivity contribution in [3.63, 3.8) is 0 Å². The number of aromatic nitrogens is 1. The van der Waals surface area contributed by atoms with Crippen LogP contribution in [-0.2, 0) is 4.79 Å². The first-order valence-corrected chi connectivity index (χ1v) is 5.49. The summed E-state index contributed by atoms with van der Waals surface area (Å²) in [5.41, 5.74) is 0. The lowest BCUT2D eigenvalue weighted by Gasteiger charge is -2.19. The van der Waals surface area contributed by atoms with Crippen LogP contribution < -0.4 is 10.1 Å². The third-order valence-electron chi connectivity index (χ3n) is 2.31. The minimum atomic E-state index is -0.293. The van der Waals surface area contributed by atoms with Crippen molar-refractivity contribution in [3.05, 3.63) is 11.8 Å². The van der Waals surface area contributed by atoms with Crippen molar-refractivity contribution in [1.29, 1.82) is 0 Å². The SMILES string of the molecule is Cc1cc(OCC(=O)NC(CO)C(C)C)no1. The van der Waals surface area contributed by atoms with Gasteiger partial charge in [-0.25, -0.2) is 0 Å². The number of amides is 1. The summed E-state index contributed by atoms with van der Waals surface area (Å²) in [6.45, 7) is 5.34. The van der Waals surface area contributed by atoms with E-state index in [0.717, 1.165) is 0 Å². The Morgan fingerprint density at radius 3 is 2.82 bits per heavy atom. The third-order valence-corrected chi connectivity index (χ3v) is 2.31. The fraction of sp³-hybridized carbons (Fsp3) is 0.636. The molecule has 0 aromatic carbocycles. The summed E-state index contributed by atoms with van der Waals surface area (Å²) in [4.78, 5) is 11.5. The standard InChI is InChI=1S/C11H18N2O4/c1-7(2)9(5-14)12-10(15)6-16-11-4-8(3)17-13-11/h4,7,9,14H,5-6H2,1-3H3,(H,12,15). The molecule has 1 heterocycles. The zero-order valence-corrected chi connectivity index (χ0v) is 10.3. The van der Waals surface area contributed by atoms with Crippen LogP contribution in [0.2, 0.25) is 0 Å². The van der Waals surface area contributed by atoms with Crippen molar-refractivity contribution in [2.24, 2.45) is 5.92 Å². The van der Waals surface area contributed by atoms with Gasteiger partial charge >= 0.3 is 0 Å². The summed E-state index contributed by atoms with van der Waals surface area (Å²) in [5.74, 6) is 0.773. The normalized spacial score (nSPS) is 12.5. The second kappa shape index (κ2) is 6.24. The van der Waals surface area contributed by atoms with Gasteiger partial charge in [0.15, 0.2) is 6.61 Å². The molecule has 0 radical (unpaired) electrons. The van der Waals surface area contributed by atoms with E-state index in [9.17, 15) is 4.79 Å². The molecule has 6 nitrogen and oxygen atoms in total. The number of hydrogen-bond donors (Lipinski definition) is 2. The van der Waals surface area contributed by atoms with Crippen molar-refractivity contribution in [1.82, 2.24) is 10.5 Å². The number of carbonyl (C=O) groups excluding carboxylic acids is 1. The number of aliphatic hydroxyl groups excluding tert-OH is 1. The van der Waals surface area contributed by atoms with Gasteiger partial charge in [-0.05, 0) is 18.0 Å². The second-order valence-electron chi connectivity index (χ2n) is 4.17. The molecule has 1 unspecified atom stereocenters. The summed E-state index contributed by atoms with van der Waals surface area (Å²) in [7, 11) is 0. The quantitative estimate of drug-likeness (QED) is 0.758. The van der Waals surface area contributed by atoms with Crippen LogP contribution in [0.4, 0.5) is 0 Å². The number of aliphatic hydroxyl groups is 1. The zero-order chi connectivity index (χ0) is 12.8. The predicted molar refractivity (Wildman–Crippen MR) is 60.6 cm³/mol. The Morgan fingerprint density at radius 1 is 1.65 bits per heavy atom. The molecule has 2 N–H and O–H groups in total. The number of nitrogens with zero attached hydrogens (tertiary/aromatic N) is 1. The van der Waals surface area contributed by atoms with Crippen LogP contribution in [0.1, 0.15) is 19.6 Å². The van der Waals surface area contributed by atoms with E-state index in [4.69, 9.17) is 14.4 Å². The van der Waals surface area contributed by atoms with Crippen molar-refractivity contribution in [3.8, 4) is 5.88 Å². The number of rotatable bonds is 6.